The molecule has 1 fully saturated rings. The van der Waals surface area contributed by atoms with E-state index < -0.39 is 17.7 Å². The molecule has 0 aliphatic heterocycles. The van der Waals surface area contributed by atoms with Gasteiger partial charge < -0.3 is 20.1 Å². The number of aliphatic hydroxyl groups excluding tert-OH is 1. The van der Waals surface area contributed by atoms with Gasteiger partial charge in [0, 0.05) is 36.2 Å². The number of unbranched alkanes of at least 4 members (excludes halogenated alkanes) is 5. The molecule has 192 valence electrons. The van der Waals surface area contributed by atoms with Crippen molar-refractivity contribution in [3.63, 3.8) is 0 Å². The van der Waals surface area contributed by atoms with Gasteiger partial charge in [-0.3, -0.25) is 9.59 Å². The van der Waals surface area contributed by atoms with Crippen molar-refractivity contribution in [3.8, 4) is 5.75 Å². The smallest absolute Gasteiger partial charge is 0.303 e. The van der Waals surface area contributed by atoms with Crippen LogP contribution >= 0.6 is 11.8 Å². The number of methoxy groups -OCH3 is 1. The summed E-state index contributed by atoms with van der Waals surface area (Å²) < 4.78 is 5.24. The van der Waals surface area contributed by atoms with Crippen molar-refractivity contribution in [1.82, 2.24) is 0 Å². The van der Waals surface area contributed by atoms with E-state index in [0.717, 1.165) is 49.8 Å². The van der Waals surface area contributed by atoms with Crippen molar-refractivity contribution < 1.29 is 29.6 Å². The maximum atomic E-state index is 12.6. The number of rotatable bonds is 17. The van der Waals surface area contributed by atoms with Crippen molar-refractivity contribution in [1.29, 1.82) is 0 Å². The number of carboxylic acids is 1. The highest BCUT2D eigenvalue weighted by molar-refractivity contribution is 8.00. The summed E-state index contributed by atoms with van der Waals surface area (Å²) in [6.45, 7) is 2.14. The Morgan fingerprint density at radius 3 is 2.47 bits per heavy atom. The summed E-state index contributed by atoms with van der Waals surface area (Å²) in [4.78, 5) is 23.2. The van der Waals surface area contributed by atoms with Gasteiger partial charge in [-0.25, -0.2) is 0 Å². The third-order valence-corrected chi connectivity index (χ3v) is 8.47. The second-order valence-corrected chi connectivity index (χ2v) is 10.8. The molecule has 0 radical (unpaired) electrons. The lowest BCUT2D eigenvalue weighted by atomic mass is 9.90. The first kappa shape index (κ1) is 28.7. The van der Waals surface area contributed by atoms with Crippen LogP contribution in [-0.2, 0) is 16.0 Å². The Balaban J connectivity index is 1.96. The molecule has 0 spiro atoms. The highest BCUT2D eigenvalue weighted by Gasteiger charge is 2.42. The van der Waals surface area contributed by atoms with E-state index in [9.17, 15) is 19.8 Å². The summed E-state index contributed by atoms with van der Waals surface area (Å²) in [6, 6.07) is 7.77. The van der Waals surface area contributed by atoms with Gasteiger partial charge in [-0.2, -0.15) is 11.8 Å². The molecule has 1 saturated carbocycles. The number of thioether (sulfide) groups is 1. The molecule has 1 aromatic rings. The molecule has 3 N–H and O–H groups in total. The Morgan fingerprint density at radius 1 is 1.12 bits per heavy atom. The summed E-state index contributed by atoms with van der Waals surface area (Å²) >= 11 is 1.54. The minimum atomic E-state index is -0.902. The fraction of sp³-hybridized carbons (Fsp3) is 0.704. The summed E-state index contributed by atoms with van der Waals surface area (Å²) in [6.07, 6.45) is 7.95. The van der Waals surface area contributed by atoms with Crippen LogP contribution in [0.2, 0.25) is 0 Å². The minimum absolute atomic E-state index is 0.111. The zero-order valence-corrected chi connectivity index (χ0v) is 21.5. The number of ether oxygens (including phenoxy) is 1. The SMILES string of the molecule is CCCCCC(O)(CS[C@H]1C(O)CC(=O)[C@@H]1CCCCCCC(=O)O)Cc1ccc(OC)cc1. The molecule has 0 heterocycles. The van der Waals surface area contributed by atoms with E-state index in [-0.39, 0.29) is 29.8 Å². The summed E-state index contributed by atoms with van der Waals surface area (Å²) in [7, 11) is 1.63. The second-order valence-electron chi connectivity index (χ2n) is 9.67. The van der Waals surface area contributed by atoms with Gasteiger partial charge >= 0.3 is 5.97 Å². The molecule has 1 aliphatic rings. The van der Waals surface area contributed by atoms with Gasteiger partial charge in [0.15, 0.2) is 0 Å². The van der Waals surface area contributed by atoms with Crippen LogP contribution in [0, 0.1) is 5.92 Å². The molecule has 1 aliphatic carbocycles. The van der Waals surface area contributed by atoms with Gasteiger partial charge in [-0.1, -0.05) is 57.6 Å². The van der Waals surface area contributed by atoms with E-state index in [1.165, 1.54) is 0 Å². The molecule has 0 amide bonds. The minimum Gasteiger partial charge on any atom is -0.497 e. The Kier molecular flexibility index (Phi) is 12.4. The number of carbonyl (C=O) groups excluding carboxylic acids is 1. The average Bonchev–Trinajstić information content (AvgIpc) is 3.07. The molecule has 1 aromatic carbocycles. The number of aliphatic carboxylic acids is 1. The topological polar surface area (TPSA) is 104 Å². The second kappa shape index (κ2) is 14.7. The lowest BCUT2D eigenvalue weighted by Crippen LogP contribution is -2.37. The molecule has 0 saturated heterocycles. The fourth-order valence-corrected chi connectivity index (χ4v) is 6.35. The first-order chi connectivity index (χ1) is 16.3. The van der Waals surface area contributed by atoms with Crippen molar-refractivity contribution in [2.75, 3.05) is 12.9 Å². The Hall–Kier alpha value is -1.57. The molecule has 2 rings (SSSR count). The quantitative estimate of drug-likeness (QED) is 0.261. The summed E-state index contributed by atoms with van der Waals surface area (Å²) in [5.74, 6) is 0.408. The molecule has 6 nitrogen and oxygen atoms in total. The number of carboxylic acid groups (broad SMARTS) is 1. The Bertz CT molecular complexity index is 752. The standard InChI is InChI=1S/C27H42O6S/c1-3-4-9-16-27(32,18-20-12-14-21(33-2)15-13-20)19-34-26-22(23(28)17-24(26)29)10-7-5-6-8-11-25(30)31/h12-15,22,24,26,29,32H,3-11,16-19H2,1-2H3,(H,30,31)/t22-,24?,26+,27?/m0/s1. The highest BCUT2D eigenvalue weighted by Crippen LogP contribution is 2.39. The Labute approximate surface area is 208 Å². The highest BCUT2D eigenvalue weighted by atomic mass is 32.2. The van der Waals surface area contributed by atoms with Crippen LogP contribution in [0.5, 0.6) is 5.75 Å². The number of carbonyl (C=O) groups is 2. The number of ketones is 1. The zero-order chi connectivity index (χ0) is 25.0. The van der Waals surface area contributed by atoms with Crippen LogP contribution in [0.15, 0.2) is 24.3 Å². The van der Waals surface area contributed by atoms with E-state index in [2.05, 4.69) is 6.92 Å². The zero-order valence-electron chi connectivity index (χ0n) is 20.7. The van der Waals surface area contributed by atoms with Crippen molar-refractivity contribution in [2.45, 2.75) is 101 Å². The maximum Gasteiger partial charge on any atom is 0.303 e. The summed E-state index contributed by atoms with van der Waals surface area (Å²) in [5, 5.41) is 30.7. The van der Waals surface area contributed by atoms with Gasteiger partial charge in [-0.15, -0.1) is 0 Å². The Morgan fingerprint density at radius 2 is 1.82 bits per heavy atom. The van der Waals surface area contributed by atoms with Gasteiger partial charge in [0.25, 0.3) is 0 Å². The molecule has 34 heavy (non-hydrogen) atoms. The first-order valence-corrected chi connectivity index (χ1v) is 13.7. The number of hydrogen-bond donors (Lipinski definition) is 3. The third-order valence-electron chi connectivity index (χ3n) is 6.74. The van der Waals surface area contributed by atoms with E-state index >= 15 is 0 Å². The number of aliphatic hydroxyl groups is 2. The maximum absolute atomic E-state index is 12.6. The molecular formula is C27H42O6S. The average molecular weight is 495 g/mol. The normalized spacial score (nSPS) is 22.0. The monoisotopic (exact) mass is 494 g/mol. The van der Waals surface area contributed by atoms with Crippen molar-refractivity contribution in [2.24, 2.45) is 5.92 Å². The predicted octanol–water partition coefficient (Wildman–Crippen LogP) is 5.03. The number of Topliss-reactive ketones (excluding diaryl/α,β-unsaturated/α-hetero) is 1. The van der Waals surface area contributed by atoms with Crippen LogP contribution in [0.4, 0.5) is 0 Å². The molecule has 4 atom stereocenters. The van der Waals surface area contributed by atoms with Gasteiger partial charge in [0.05, 0.1) is 18.8 Å². The number of hydrogen-bond acceptors (Lipinski definition) is 6. The largest absolute Gasteiger partial charge is 0.497 e. The summed E-state index contributed by atoms with van der Waals surface area (Å²) in [5.41, 5.74) is 0.141. The first-order valence-electron chi connectivity index (χ1n) is 12.7. The predicted molar refractivity (Wildman–Crippen MR) is 136 cm³/mol. The molecule has 0 bridgehead atoms. The van der Waals surface area contributed by atoms with Crippen LogP contribution in [0.1, 0.15) is 83.1 Å². The van der Waals surface area contributed by atoms with E-state index in [1.807, 2.05) is 24.3 Å². The van der Waals surface area contributed by atoms with Crippen LogP contribution < -0.4 is 4.74 Å². The number of benzene rings is 1. The van der Waals surface area contributed by atoms with E-state index in [0.29, 0.717) is 31.4 Å². The van der Waals surface area contributed by atoms with Crippen LogP contribution in [0.3, 0.4) is 0 Å². The van der Waals surface area contributed by atoms with E-state index in [4.69, 9.17) is 9.84 Å². The van der Waals surface area contributed by atoms with Crippen LogP contribution in [-0.4, -0.2) is 56.9 Å². The van der Waals surface area contributed by atoms with Gasteiger partial charge in [0.2, 0.25) is 0 Å². The third kappa shape index (κ3) is 9.59. The molecule has 2 unspecified atom stereocenters. The lowest BCUT2D eigenvalue weighted by Gasteiger charge is -2.31. The molecule has 0 aromatic heterocycles. The lowest BCUT2D eigenvalue weighted by molar-refractivity contribution is -0.137. The van der Waals surface area contributed by atoms with Gasteiger partial charge in [0.1, 0.15) is 11.5 Å². The van der Waals surface area contributed by atoms with Crippen molar-refractivity contribution >= 4 is 23.5 Å². The van der Waals surface area contributed by atoms with Gasteiger partial charge in [-0.05, 0) is 37.0 Å². The molecular weight excluding hydrogens is 452 g/mol. The van der Waals surface area contributed by atoms with Crippen molar-refractivity contribution in [3.05, 3.63) is 29.8 Å². The molecule has 7 heteroatoms. The van der Waals surface area contributed by atoms with Crippen LogP contribution in [0.25, 0.3) is 0 Å². The fourth-order valence-electron chi connectivity index (χ4n) is 4.76. The van der Waals surface area contributed by atoms with E-state index in [1.54, 1.807) is 18.9 Å².